The van der Waals surface area contributed by atoms with Gasteiger partial charge in [0, 0.05) is 6.54 Å². The fourth-order valence-corrected chi connectivity index (χ4v) is 1.57. The standard InChI is InChI=1S/C9H14F3N/c1-13-6-7-2-4-8(5-3-7)9(10,11)12/h2,8,13H,3-6H2,1H3. The van der Waals surface area contributed by atoms with E-state index in [9.17, 15) is 13.2 Å². The van der Waals surface area contributed by atoms with E-state index < -0.39 is 12.1 Å². The van der Waals surface area contributed by atoms with E-state index in [0.29, 0.717) is 13.0 Å². The van der Waals surface area contributed by atoms with Gasteiger partial charge in [-0.25, -0.2) is 0 Å². The van der Waals surface area contributed by atoms with Crippen LogP contribution in [0.2, 0.25) is 0 Å². The van der Waals surface area contributed by atoms with E-state index in [-0.39, 0.29) is 12.8 Å². The Balaban J connectivity index is 2.46. The summed E-state index contributed by atoms with van der Waals surface area (Å²) in [5, 5.41) is 2.94. The van der Waals surface area contributed by atoms with Crippen LogP contribution in [0.1, 0.15) is 19.3 Å². The summed E-state index contributed by atoms with van der Waals surface area (Å²) < 4.78 is 36.6. The summed E-state index contributed by atoms with van der Waals surface area (Å²) in [6.07, 6.45) is -1.32. The van der Waals surface area contributed by atoms with Crippen LogP contribution in [-0.4, -0.2) is 19.8 Å². The number of hydrogen-bond acceptors (Lipinski definition) is 1. The summed E-state index contributed by atoms with van der Waals surface area (Å²) in [5.74, 6) is -1.12. The van der Waals surface area contributed by atoms with Gasteiger partial charge in [-0.05, 0) is 26.3 Å². The fourth-order valence-electron chi connectivity index (χ4n) is 1.57. The van der Waals surface area contributed by atoms with Gasteiger partial charge in [0.15, 0.2) is 0 Å². The Morgan fingerprint density at radius 2 is 2.23 bits per heavy atom. The minimum Gasteiger partial charge on any atom is -0.316 e. The molecule has 1 rings (SSSR count). The topological polar surface area (TPSA) is 12.0 Å². The third-order valence-corrected chi connectivity index (χ3v) is 2.37. The number of likely N-dealkylation sites (N-methyl/N-ethyl adjacent to an activating group) is 1. The second kappa shape index (κ2) is 4.13. The van der Waals surface area contributed by atoms with Crippen LogP contribution in [0.25, 0.3) is 0 Å². The van der Waals surface area contributed by atoms with Crippen LogP contribution in [0.15, 0.2) is 11.6 Å². The van der Waals surface area contributed by atoms with E-state index in [0.717, 1.165) is 5.57 Å². The first kappa shape index (κ1) is 10.6. The lowest BCUT2D eigenvalue weighted by molar-refractivity contribution is -0.176. The Kier molecular flexibility index (Phi) is 3.36. The lowest BCUT2D eigenvalue weighted by Crippen LogP contribution is -2.25. The van der Waals surface area contributed by atoms with Gasteiger partial charge in [0.1, 0.15) is 0 Å². The first-order chi connectivity index (χ1) is 6.04. The molecule has 1 atom stereocenters. The number of rotatable bonds is 2. The second-order valence-corrected chi connectivity index (χ2v) is 3.41. The number of allylic oxidation sites excluding steroid dienone is 1. The van der Waals surface area contributed by atoms with Crippen molar-refractivity contribution in [2.75, 3.05) is 13.6 Å². The highest BCUT2D eigenvalue weighted by atomic mass is 19.4. The third-order valence-electron chi connectivity index (χ3n) is 2.37. The van der Waals surface area contributed by atoms with Crippen molar-refractivity contribution in [2.24, 2.45) is 5.92 Å². The van der Waals surface area contributed by atoms with Crippen LogP contribution in [0, 0.1) is 5.92 Å². The van der Waals surface area contributed by atoms with E-state index in [1.165, 1.54) is 0 Å². The Morgan fingerprint density at radius 1 is 1.54 bits per heavy atom. The molecule has 1 aliphatic rings. The molecule has 0 saturated heterocycles. The molecule has 0 radical (unpaired) electrons. The first-order valence-corrected chi connectivity index (χ1v) is 4.43. The molecule has 1 unspecified atom stereocenters. The van der Waals surface area contributed by atoms with Gasteiger partial charge < -0.3 is 5.32 Å². The summed E-state index contributed by atoms with van der Waals surface area (Å²) in [7, 11) is 1.80. The molecule has 0 amide bonds. The van der Waals surface area contributed by atoms with Crippen LogP contribution >= 0.6 is 0 Å². The summed E-state index contributed by atoms with van der Waals surface area (Å²) >= 11 is 0. The largest absolute Gasteiger partial charge is 0.392 e. The summed E-state index contributed by atoms with van der Waals surface area (Å²) in [4.78, 5) is 0. The first-order valence-electron chi connectivity index (χ1n) is 4.43. The highest BCUT2D eigenvalue weighted by molar-refractivity contribution is 5.08. The molecule has 1 aliphatic carbocycles. The van der Waals surface area contributed by atoms with Crippen molar-refractivity contribution < 1.29 is 13.2 Å². The molecular formula is C9H14F3N. The van der Waals surface area contributed by atoms with Gasteiger partial charge in [-0.2, -0.15) is 13.2 Å². The smallest absolute Gasteiger partial charge is 0.316 e. The molecule has 76 valence electrons. The molecular weight excluding hydrogens is 179 g/mol. The van der Waals surface area contributed by atoms with Crippen molar-refractivity contribution in [3.8, 4) is 0 Å². The molecule has 0 fully saturated rings. The molecule has 0 aliphatic heterocycles. The van der Waals surface area contributed by atoms with Crippen molar-refractivity contribution in [1.82, 2.24) is 5.32 Å². The van der Waals surface area contributed by atoms with E-state index in [1.807, 2.05) is 0 Å². The molecule has 0 saturated carbocycles. The lowest BCUT2D eigenvalue weighted by atomic mass is 9.89. The van der Waals surface area contributed by atoms with E-state index in [1.54, 1.807) is 13.1 Å². The minimum absolute atomic E-state index is 0.153. The number of halogens is 3. The zero-order valence-corrected chi connectivity index (χ0v) is 7.62. The molecule has 0 aromatic rings. The Bertz CT molecular complexity index is 196. The minimum atomic E-state index is -4.01. The zero-order chi connectivity index (χ0) is 9.90. The van der Waals surface area contributed by atoms with Crippen molar-refractivity contribution in [2.45, 2.75) is 25.4 Å². The monoisotopic (exact) mass is 193 g/mol. The Labute approximate surface area is 76.0 Å². The SMILES string of the molecule is CNCC1=CCC(C(F)(F)F)CC1. The maximum Gasteiger partial charge on any atom is 0.392 e. The van der Waals surface area contributed by atoms with Crippen molar-refractivity contribution >= 4 is 0 Å². The molecule has 0 aromatic heterocycles. The Hall–Kier alpha value is -0.510. The number of hydrogen-bond donors (Lipinski definition) is 1. The summed E-state index contributed by atoms with van der Waals surface area (Å²) in [6.45, 7) is 0.713. The molecule has 1 N–H and O–H groups in total. The lowest BCUT2D eigenvalue weighted by Gasteiger charge is -2.23. The number of alkyl halides is 3. The molecule has 1 nitrogen and oxygen atoms in total. The normalized spacial score (nSPS) is 24.3. The van der Waals surface area contributed by atoms with Crippen molar-refractivity contribution in [1.29, 1.82) is 0 Å². The third kappa shape index (κ3) is 3.03. The average molecular weight is 193 g/mol. The highest BCUT2D eigenvalue weighted by Gasteiger charge is 2.39. The quantitative estimate of drug-likeness (QED) is 0.664. The summed E-state index contributed by atoms with van der Waals surface area (Å²) in [6, 6.07) is 0. The fraction of sp³-hybridized carbons (Fsp3) is 0.778. The van der Waals surface area contributed by atoms with Gasteiger partial charge in [-0.1, -0.05) is 11.6 Å². The summed E-state index contributed by atoms with van der Waals surface area (Å²) in [5.41, 5.74) is 1.10. The second-order valence-electron chi connectivity index (χ2n) is 3.41. The van der Waals surface area contributed by atoms with Gasteiger partial charge >= 0.3 is 6.18 Å². The van der Waals surface area contributed by atoms with Gasteiger partial charge in [-0.3, -0.25) is 0 Å². The maximum absolute atomic E-state index is 12.2. The van der Waals surface area contributed by atoms with Gasteiger partial charge in [0.05, 0.1) is 5.92 Å². The average Bonchev–Trinajstić information content (AvgIpc) is 2.04. The molecule has 0 aromatic carbocycles. The van der Waals surface area contributed by atoms with Crippen LogP contribution in [0.5, 0.6) is 0 Å². The van der Waals surface area contributed by atoms with Crippen LogP contribution in [0.3, 0.4) is 0 Å². The number of nitrogens with one attached hydrogen (secondary N) is 1. The van der Waals surface area contributed by atoms with Crippen LogP contribution in [-0.2, 0) is 0 Å². The zero-order valence-electron chi connectivity index (χ0n) is 7.62. The van der Waals surface area contributed by atoms with Crippen molar-refractivity contribution in [3.05, 3.63) is 11.6 Å². The highest BCUT2D eigenvalue weighted by Crippen LogP contribution is 2.36. The molecule has 0 spiro atoms. The van der Waals surface area contributed by atoms with Gasteiger partial charge in [0.25, 0.3) is 0 Å². The maximum atomic E-state index is 12.2. The van der Waals surface area contributed by atoms with Crippen molar-refractivity contribution in [3.63, 3.8) is 0 Å². The van der Waals surface area contributed by atoms with Crippen LogP contribution < -0.4 is 5.32 Å². The molecule has 4 heteroatoms. The predicted octanol–water partition coefficient (Wildman–Crippen LogP) is 2.49. The van der Waals surface area contributed by atoms with E-state index in [2.05, 4.69) is 5.32 Å². The van der Waals surface area contributed by atoms with Crippen LogP contribution in [0.4, 0.5) is 13.2 Å². The molecule has 0 bridgehead atoms. The van der Waals surface area contributed by atoms with Gasteiger partial charge in [0.2, 0.25) is 0 Å². The predicted molar refractivity (Wildman–Crippen MR) is 45.4 cm³/mol. The molecule has 0 heterocycles. The Morgan fingerprint density at radius 3 is 2.62 bits per heavy atom. The molecule has 13 heavy (non-hydrogen) atoms. The van der Waals surface area contributed by atoms with Gasteiger partial charge in [-0.15, -0.1) is 0 Å². The van der Waals surface area contributed by atoms with E-state index >= 15 is 0 Å². The van der Waals surface area contributed by atoms with E-state index in [4.69, 9.17) is 0 Å².